The Morgan fingerprint density at radius 2 is 1.67 bits per heavy atom. The Labute approximate surface area is 386 Å². The Hall–Kier alpha value is -6.68. The number of hydrogen-bond acceptors (Lipinski definition) is 13. The van der Waals surface area contributed by atoms with Crippen LogP contribution >= 0.6 is 0 Å². The third-order valence-corrected chi connectivity index (χ3v) is 12.7. The summed E-state index contributed by atoms with van der Waals surface area (Å²) in [4.78, 5) is 51.7. The molecule has 0 radical (unpaired) electrons. The van der Waals surface area contributed by atoms with E-state index in [9.17, 15) is 14.4 Å². The number of nitrogens with one attached hydrogen (secondary N) is 4. The van der Waals surface area contributed by atoms with Crippen LogP contribution in [-0.2, 0) is 21.5 Å². The van der Waals surface area contributed by atoms with E-state index in [1.165, 1.54) is 11.8 Å². The van der Waals surface area contributed by atoms with E-state index >= 15 is 4.39 Å². The molecule has 5 aromatic rings. The van der Waals surface area contributed by atoms with Crippen LogP contribution in [0.25, 0.3) is 11.1 Å². The van der Waals surface area contributed by atoms with E-state index in [1.807, 2.05) is 58.0 Å². The van der Waals surface area contributed by atoms with Gasteiger partial charge in [0.2, 0.25) is 11.8 Å². The number of aromatic nitrogens is 3. The molecule has 2 saturated heterocycles. The van der Waals surface area contributed by atoms with Crippen molar-refractivity contribution < 1.29 is 23.3 Å². The fourth-order valence-corrected chi connectivity index (χ4v) is 8.46. The molecule has 2 amide bonds. The summed E-state index contributed by atoms with van der Waals surface area (Å²) in [6, 6.07) is 20.6. The molecule has 1 atom stereocenters. The second kappa shape index (κ2) is 21.1. The maximum absolute atomic E-state index is 15.1. The van der Waals surface area contributed by atoms with Crippen LogP contribution < -0.4 is 31.5 Å². The lowest BCUT2D eigenvalue weighted by Crippen LogP contribution is -2.47. The minimum absolute atomic E-state index is 0.00850. The topological polar surface area (TPSA) is 199 Å². The van der Waals surface area contributed by atoms with Gasteiger partial charge in [0.15, 0.2) is 0 Å². The van der Waals surface area contributed by atoms with Gasteiger partial charge < -0.3 is 40.8 Å². The molecule has 2 aromatic heterocycles. The van der Waals surface area contributed by atoms with E-state index in [0.29, 0.717) is 35.6 Å². The predicted molar refractivity (Wildman–Crippen MR) is 257 cm³/mol. The maximum atomic E-state index is 15.1. The van der Waals surface area contributed by atoms with Gasteiger partial charge in [-0.1, -0.05) is 50.2 Å². The molecule has 0 aliphatic carbocycles. The maximum Gasteiger partial charge on any atom is 0.292 e. The summed E-state index contributed by atoms with van der Waals surface area (Å²) in [6.45, 7) is 14.7. The van der Waals surface area contributed by atoms with E-state index < -0.39 is 17.8 Å². The molecule has 16 heteroatoms. The van der Waals surface area contributed by atoms with Gasteiger partial charge in [0, 0.05) is 99.0 Å². The van der Waals surface area contributed by atoms with Gasteiger partial charge in [0.05, 0.1) is 17.4 Å². The third kappa shape index (κ3) is 11.8. The van der Waals surface area contributed by atoms with E-state index in [-0.39, 0.29) is 47.3 Å². The molecule has 2 aliphatic rings. The molecule has 2 fully saturated rings. The van der Waals surface area contributed by atoms with Crippen LogP contribution in [0.2, 0.25) is 0 Å². The smallest absolute Gasteiger partial charge is 0.292 e. The molecule has 348 valence electrons. The number of hydrogen-bond donors (Lipinski definition) is 5. The van der Waals surface area contributed by atoms with Gasteiger partial charge in [-0.05, 0) is 104 Å². The Balaban J connectivity index is 0.852. The first kappa shape index (κ1) is 47.3. The number of carbonyl (C=O) groups is 3. The number of aldehydes is 1. The van der Waals surface area contributed by atoms with Gasteiger partial charge in [-0.25, -0.2) is 9.37 Å². The number of piperidine rings is 1. The lowest BCUT2D eigenvalue weighted by Gasteiger charge is -2.38. The number of carbonyl (C=O) groups excluding carboxylic acids is 3. The number of nitrogens with two attached hydrogens (primary N) is 1. The number of piperazine rings is 1. The van der Waals surface area contributed by atoms with E-state index in [0.717, 1.165) is 93.0 Å². The van der Waals surface area contributed by atoms with E-state index in [4.69, 9.17) is 15.7 Å². The summed E-state index contributed by atoms with van der Waals surface area (Å²) in [5.74, 6) is 0.308. The number of rotatable bonds is 17. The number of pyridine rings is 1. The summed E-state index contributed by atoms with van der Waals surface area (Å²) in [5.41, 5.74) is 13.4. The van der Waals surface area contributed by atoms with Crippen LogP contribution in [0.15, 0.2) is 77.4 Å². The molecule has 0 saturated carbocycles. The summed E-state index contributed by atoms with van der Waals surface area (Å²) < 4.78 is 20.3. The number of nitrogens with zero attached hydrogens (tertiary/aromatic N) is 6. The quantitative estimate of drug-likeness (QED) is 0.0488. The van der Waals surface area contributed by atoms with Gasteiger partial charge in [-0.2, -0.15) is 4.98 Å². The van der Waals surface area contributed by atoms with Crippen molar-refractivity contribution in [2.45, 2.75) is 77.8 Å². The average molecular weight is 900 g/mol. The Morgan fingerprint density at radius 3 is 2.32 bits per heavy atom. The number of amides is 2. The molecular weight excluding hydrogens is 838 g/mol. The first-order valence-corrected chi connectivity index (χ1v) is 22.8. The highest BCUT2D eigenvalue weighted by atomic mass is 19.1. The van der Waals surface area contributed by atoms with Crippen molar-refractivity contribution in [2.75, 3.05) is 73.7 Å². The second-order valence-corrected chi connectivity index (χ2v) is 18.4. The number of aryl methyl sites for hydroxylation is 1. The average Bonchev–Trinajstić information content (AvgIpc) is 3.85. The molecule has 7 rings (SSSR count). The molecule has 4 heterocycles. The van der Waals surface area contributed by atoms with Gasteiger partial charge in [-0.15, -0.1) is 0 Å². The lowest BCUT2D eigenvalue weighted by atomic mass is 9.93. The monoisotopic (exact) mass is 899 g/mol. The first-order chi connectivity index (χ1) is 31.7. The molecule has 66 heavy (non-hydrogen) atoms. The highest BCUT2D eigenvalue weighted by Crippen LogP contribution is 2.30. The van der Waals surface area contributed by atoms with Gasteiger partial charge in [-0.3, -0.25) is 19.9 Å². The minimum atomic E-state index is -0.639. The number of nitrogen functional groups attached to an aromatic ring is 1. The standard InChI is InChI=1S/C50H62FN11O4/c1-32-26-35(6-7-36(32)29-56-48(65)47-58-49(66-59-47)50(2,3)4)45(52)41-27-37(30-55-46(41)53)34-8-11-39(12-9-34)62-24-22-60(23-25-62)19-16-33-17-20-61(21-18-33)40-13-14-43(42(51)28-40)57-38(31-63)10-15-44(64)54-5/h6-9,11-14,26-28,30-31,33,38,52,57H,10,15-25,29H2,1-5H3,(H2,53,55)(H,54,64)(H,56,65). The number of benzene rings is 3. The fraction of sp³-hybridized carbons (Fsp3) is 0.420. The highest BCUT2D eigenvalue weighted by molar-refractivity contribution is 6.14. The number of anilines is 4. The first-order valence-electron chi connectivity index (χ1n) is 22.8. The van der Waals surface area contributed by atoms with Crippen molar-refractivity contribution in [3.63, 3.8) is 0 Å². The Morgan fingerprint density at radius 1 is 0.955 bits per heavy atom. The molecule has 0 spiro atoms. The zero-order valence-electron chi connectivity index (χ0n) is 38.6. The zero-order chi connectivity index (χ0) is 47.0. The van der Waals surface area contributed by atoms with Gasteiger partial charge in [0.25, 0.3) is 11.7 Å². The Bertz CT molecular complexity index is 2500. The van der Waals surface area contributed by atoms with Crippen molar-refractivity contribution in [1.29, 1.82) is 5.41 Å². The van der Waals surface area contributed by atoms with Crippen molar-refractivity contribution >= 4 is 46.7 Å². The number of halogens is 1. The molecule has 15 nitrogen and oxygen atoms in total. The third-order valence-electron chi connectivity index (χ3n) is 12.7. The van der Waals surface area contributed by atoms with Crippen LogP contribution in [0.5, 0.6) is 0 Å². The molecule has 0 bridgehead atoms. The van der Waals surface area contributed by atoms with E-state index in [1.54, 1.807) is 19.3 Å². The molecular formula is C50H62FN11O4. The summed E-state index contributed by atoms with van der Waals surface area (Å²) in [5, 5.41) is 21.2. The minimum Gasteiger partial charge on any atom is -0.383 e. The lowest BCUT2D eigenvalue weighted by molar-refractivity contribution is -0.120. The van der Waals surface area contributed by atoms with Crippen molar-refractivity contribution in [2.24, 2.45) is 5.92 Å². The van der Waals surface area contributed by atoms with Crippen LogP contribution in [0.4, 0.5) is 27.3 Å². The summed E-state index contributed by atoms with van der Waals surface area (Å²) in [7, 11) is 1.55. The summed E-state index contributed by atoms with van der Waals surface area (Å²) in [6.07, 6.45) is 6.21. The van der Waals surface area contributed by atoms with Crippen LogP contribution in [-0.4, -0.2) is 103 Å². The van der Waals surface area contributed by atoms with Crippen molar-refractivity contribution in [3.8, 4) is 11.1 Å². The highest BCUT2D eigenvalue weighted by Gasteiger charge is 2.26. The van der Waals surface area contributed by atoms with Crippen LogP contribution in [0.3, 0.4) is 0 Å². The molecule has 2 aliphatic heterocycles. The SMILES string of the molecule is CNC(=O)CCC(C=O)Nc1ccc(N2CCC(CCN3CCN(c4ccc(-c5cnc(N)c(C(=N)c6ccc(CNC(=O)c7noc(C(C)(C)C)n7)c(C)c6)c5)cc4)CC3)CC2)cc1F. The molecule has 6 N–H and O–H groups in total. The van der Waals surface area contributed by atoms with Crippen LogP contribution in [0, 0.1) is 24.1 Å². The van der Waals surface area contributed by atoms with Gasteiger partial charge >= 0.3 is 0 Å². The second-order valence-electron chi connectivity index (χ2n) is 18.4. The van der Waals surface area contributed by atoms with Crippen molar-refractivity contribution in [3.05, 3.63) is 113 Å². The fourth-order valence-electron chi connectivity index (χ4n) is 8.46. The zero-order valence-corrected chi connectivity index (χ0v) is 38.6. The predicted octanol–water partition coefficient (Wildman–Crippen LogP) is 6.74. The van der Waals surface area contributed by atoms with E-state index in [2.05, 4.69) is 70.0 Å². The van der Waals surface area contributed by atoms with Crippen LogP contribution in [0.1, 0.15) is 91.6 Å². The molecule has 3 aromatic carbocycles. The van der Waals surface area contributed by atoms with Gasteiger partial charge in [0.1, 0.15) is 17.9 Å². The Kier molecular flexibility index (Phi) is 15.1. The normalized spacial score (nSPS) is 15.3. The van der Waals surface area contributed by atoms with Crippen molar-refractivity contribution in [1.82, 2.24) is 30.7 Å². The largest absolute Gasteiger partial charge is 0.383 e. The summed E-state index contributed by atoms with van der Waals surface area (Å²) >= 11 is 0. The molecule has 1 unspecified atom stereocenters.